The van der Waals surface area contributed by atoms with Gasteiger partial charge in [0.15, 0.2) is 0 Å². The summed E-state index contributed by atoms with van der Waals surface area (Å²) >= 11 is 4.43. The van der Waals surface area contributed by atoms with Gasteiger partial charge in [0.1, 0.15) is 18.2 Å². The summed E-state index contributed by atoms with van der Waals surface area (Å²) in [6.07, 6.45) is 6.98. The van der Waals surface area contributed by atoms with Crippen LogP contribution in [0, 0.1) is 25.3 Å². The molecule has 4 rings (SSSR count). The Morgan fingerprint density at radius 3 is 2.63 bits per heavy atom. The highest BCUT2D eigenvalue weighted by Gasteiger charge is 2.17. The molecule has 0 aliphatic carbocycles. The number of nitrogens with zero attached hydrogens (tertiary/aromatic N) is 5. The van der Waals surface area contributed by atoms with E-state index >= 15 is 0 Å². The van der Waals surface area contributed by atoms with Crippen molar-refractivity contribution in [3.05, 3.63) is 54.9 Å². The molecule has 9 nitrogen and oxygen atoms in total. The minimum Gasteiger partial charge on any atom is -0.479 e. The third-order valence-electron chi connectivity index (χ3n) is 4.72. The van der Waals surface area contributed by atoms with Crippen LogP contribution in [0.1, 0.15) is 5.56 Å². The molecule has 1 aromatic heterocycles. The highest BCUT2D eigenvalue weighted by Crippen LogP contribution is 2.27. The molecule has 35 heavy (non-hydrogen) atoms. The van der Waals surface area contributed by atoms with Crippen LogP contribution in [0.3, 0.4) is 0 Å². The van der Waals surface area contributed by atoms with Gasteiger partial charge in [0.05, 0.1) is 23.0 Å². The third-order valence-corrected chi connectivity index (χ3v) is 6.15. The fraction of sp³-hybridized carbons (Fsp3) is 0.217. The van der Waals surface area contributed by atoms with Crippen molar-refractivity contribution in [3.8, 4) is 18.1 Å². The zero-order chi connectivity index (χ0) is 24.6. The summed E-state index contributed by atoms with van der Waals surface area (Å²) in [5, 5.41) is 7.41. The lowest BCUT2D eigenvalue weighted by atomic mass is 10.2. The van der Waals surface area contributed by atoms with Gasteiger partial charge in [-0.3, -0.25) is 0 Å². The standard InChI is InChI=1S/C23H20FI2N7O2/c1-2-9-35-20-15(12-17(25)13-19(20)26)14-27-32-22-29-21(28-18-5-3-16(24)4-6-18)30-23(31-22)33-7-10-34-11-8-33/h1,3-6,12-14H,7-11H2,(H2,28,29,30,31,32)/b27-14-. The van der Waals surface area contributed by atoms with E-state index < -0.39 is 0 Å². The monoisotopic (exact) mass is 699 g/mol. The normalized spacial score (nSPS) is 13.5. The number of halogens is 3. The first-order valence-corrected chi connectivity index (χ1v) is 12.6. The summed E-state index contributed by atoms with van der Waals surface area (Å²) in [5.41, 5.74) is 4.28. The van der Waals surface area contributed by atoms with Crippen molar-refractivity contribution in [2.45, 2.75) is 0 Å². The minimum absolute atomic E-state index is 0.152. The van der Waals surface area contributed by atoms with E-state index in [9.17, 15) is 4.39 Å². The van der Waals surface area contributed by atoms with Gasteiger partial charge in [-0.1, -0.05) is 5.92 Å². The maximum Gasteiger partial charge on any atom is 0.250 e. The number of hydrogen-bond donors (Lipinski definition) is 2. The van der Waals surface area contributed by atoms with E-state index in [2.05, 4.69) is 81.9 Å². The topological polar surface area (TPSA) is 96.8 Å². The summed E-state index contributed by atoms with van der Waals surface area (Å²) in [7, 11) is 0. The summed E-state index contributed by atoms with van der Waals surface area (Å²) in [6, 6.07) is 9.86. The SMILES string of the molecule is C#CCOc1c(I)cc(I)cc1/C=N\Nc1nc(Nc2ccc(F)cc2)nc(N2CCOCC2)n1. The molecule has 1 saturated heterocycles. The molecule has 2 aromatic carbocycles. The van der Waals surface area contributed by atoms with Gasteiger partial charge >= 0.3 is 0 Å². The van der Waals surface area contributed by atoms with Crippen LogP contribution in [0.2, 0.25) is 0 Å². The molecule has 3 aromatic rings. The minimum atomic E-state index is -0.326. The molecule has 1 aliphatic heterocycles. The molecule has 0 saturated carbocycles. The van der Waals surface area contributed by atoms with Crippen molar-refractivity contribution in [1.29, 1.82) is 0 Å². The average Bonchev–Trinajstić information content (AvgIpc) is 2.85. The molecule has 0 radical (unpaired) electrons. The number of anilines is 4. The Hall–Kier alpha value is -2.77. The van der Waals surface area contributed by atoms with Crippen LogP contribution < -0.4 is 20.4 Å². The van der Waals surface area contributed by atoms with Gasteiger partial charge in [-0.15, -0.1) is 6.42 Å². The lowest BCUT2D eigenvalue weighted by molar-refractivity contribution is 0.122. The summed E-state index contributed by atoms with van der Waals surface area (Å²) in [5.74, 6) is 3.82. The Morgan fingerprint density at radius 1 is 1.14 bits per heavy atom. The molecular weight excluding hydrogens is 679 g/mol. The number of hydrogen-bond acceptors (Lipinski definition) is 9. The van der Waals surface area contributed by atoms with Crippen molar-refractivity contribution in [3.63, 3.8) is 0 Å². The number of terminal acetylenes is 1. The maximum absolute atomic E-state index is 13.3. The zero-order valence-electron chi connectivity index (χ0n) is 18.3. The van der Waals surface area contributed by atoms with Crippen LogP contribution >= 0.6 is 45.2 Å². The predicted molar refractivity (Wildman–Crippen MR) is 150 cm³/mol. The van der Waals surface area contributed by atoms with Crippen LogP contribution in [0.5, 0.6) is 5.75 Å². The van der Waals surface area contributed by atoms with E-state index in [1.165, 1.54) is 12.1 Å². The number of nitrogens with one attached hydrogen (secondary N) is 2. The van der Waals surface area contributed by atoms with E-state index in [0.29, 0.717) is 49.6 Å². The zero-order valence-corrected chi connectivity index (χ0v) is 22.7. The fourth-order valence-electron chi connectivity index (χ4n) is 3.14. The van der Waals surface area contributed by atoms with Crippen LogP contribution in [0.4, 0.5) is 27.9 Å². The van der Waals surface area contributed by atoms with Gasteiger partial charge in [-0.2, -0.15) is 20.1 Å². The Morgan fingerprint density at radius 2 is 1.89 bits per heavy atom. The van der Waals surface area contributed by atoms with Gasteiger partial charge in [0, 0.05) is 27.9 Å². The van der Waals surface area contributed by atoms with Crippen LogP contribution in [-0.4, -0.2) is 54.1 Å². The van der Waals surface area contributed by atoms with Crippen LogP contribution in [0.15, 0.2) is 41.5 Å². The molecule has 1 aliphatic rings. The fourth-order valence-corrected chi connectivity index (χ4v) is 5.18. The highest BCUT2D eigenvalue weighted by molar-refractivity contribution is 14.1. The number of aromatic nitrogens is 3. The highest BCUT2D eigenvalue weighted by atomic mass is 127. The summed E-state index contributed by atoms with van der Waals surface area (Å²) in [6.45, 7) is 2.62. The lowest BCUT2D eigenvalue weighted by Gasteiger charge is -2.27. The molecule has 1 fully saturated rings. The first kappa shape index (κ1) is 25.3. The Kier molecular flexibility index (Phi) is 8.88. The number of ether oxygens (including phenoxy) is 2. The molecule has 0 unspecified atom stereocenters. The molecule has 180 valence electrons. The van der Waals surface area contributed by atoms with E-state index in [4.69, 9.17) is 15.9 Å². The Labute approximate surface area is 229 Å². The first-order chi connectivity index (χ1) is 17.0. The van der Waals surface area contributed by atoms with E-state index in [0.717, 1.165) is 12.7 Å². The summed E-state index contributed by atoms with van der Waals surface area (Å²) < 4.78 is 26.4. The van der Waals surface area contributed by atoms with Gasteiger partial charge in [-0.05, 0) is 81.6 Å². The van der Waals surface area contributed by atoms with E-state index in [-0.39, 0.29) is 18.4 Å². The van der Waals surface area contributed by atoms with Crippen LogP contribution in [0.25, 0.3) is 0 Å². The molecule has 2 N–H and O–H groups in total. The number of morpholine rings is 1. The number of benzene rings is 2. The molecule has 0 amide bonds. The molecule has 0 bridgehead atoms. The van der Waals surface area contributed by atoms with Gasteiger partial charge in [-0.25, -0.2) is 9.82 Å². The molecule has 2 heterocycles. The van der Waals surface area contributed by atoms with E-state index in [1.807, 2.05) is 17.0 Å². The molecule has 0 atom stereocenters. The van der Waals surface area contributed by atoms with Crippen molar-refractivity contribution in [1.82, 2.24) is 15.0 Å². The van der Waals surface area contributed by atoms with E-state index in [1.54, 1.807) is 18.3 Å². The van der Waals surface area contributed by atoms with Gasteiger partial charge in [0.25, 0.3) is 0 Å². The molecule has 0 spiro atoms. The third kappa shape index (κ3) is 7.12. The molecular formula is C23H20FI2N7O2. The van der Waals surface area contributed by atoms with Crippen molar-refractivity contribution < 1.29 is 13.9 Å². The quantitative estimate of drug-likeness (QED) is 0.156. The second-order valence-corrected chi connectivity index (χ2v) is 9.59. The van der Waals surface area contributed by atoms with Gasteiger partial charge < -0.3 is 19.7 Å². The lowest BCUT2D eigenvalue weighted by Crippen LogP contribution is -2.37. The largest absolute Gasteiger partial charge is 0.479 e. The second kappa shape index (κ2) is 12.3. The van der Waals surface area contributed by atoms with Crippen molar-refractivity contribution in [2.24, 2.45) is 5.10 Å². The number of hydrazone groups is 1. The smallest absolute Gasteiger partial charge is 0.250 e. The Balaban J connectivity index is 1.59. The van der Waals surface area contributed by atoms with Crippen LogP contribution in [-0.2, 0) is 4.74 Å². The average molecular weight is 699 g/mol. The predicted octanol–water partition coefficient (Wildman–Crippen LogP) is 4.26. The Bertz CT molecular complexity index is 1250. The molecule has 12 heteroatoms. The van der Waals surface area contributed by atoms with Crippen molar-refractivity contribution >= 4 is 74.9 Å². The van der Waals surface area contributed by atoms with Crippen molar-refractivity contribution in [2.75, 3.05) is 48.6 Å². The first-order valence-electron chi connectivity index (χ1n) is 10.5. The summed E-state index contributed by atoms with van der Waals surface area (Å²) in [4.78, 5) is 15.5. The van der Waals surface area contributed by atoms with Gasteiger partial charge in [0.2, 0.25) is 17.8 Å². The number of rotatable bonds is 8. The second-order valence-electron chi connectivity index (χ2n) is 7.18. The maximum atomic E-state index is 13.3.